The van der Waals surface area contributed by atoms with Crippen molar-refractivity contribution in [3.05, 3.63) is 0 Å². The first kappa shape index (κ1) is 9.77. The number of nitrogens with zero attached hydrogens (tertiary/aromatic N) is 2. The number of hydrogen-bond acceptors (Lipinski definition) is 3. The van der Waals surface area contributed by atoms with Gasteiger partial charge in [0, 0.05) is 51.4 Å². The molecule has 2 nitrogen and oxygen atoms in total. The molecule has 0 aromatic rings. The van der Waals surface area contributed by atoms with Crippen molar-refractivity contribution in [2.24, 2.45) is 10.2 Å². The van der Waals surface area contributed by atoms with Crippen LogP contribution in [0.5, 0.6) is 0 Å². The van der Waals surface area contributed by atoms with Crippen LogP contribution in [0.1, 0.15) is 0 Å². The van der Waals surface area contributed by atoms with Crippen molar-refractivity contribution in [2.75, 3.05) is 0 Å². The van der Waals surface area contributed by atoms with Crippen LogP contribution in [0.25, 0.3) is 0 Å². The molecule has 0 fully saturated rings. The zero-order valence-corrected chi connectivity index (χ0v) is 9.69. The molecule has 8 heavy (non-hydrogen) atoms. The molecule has 1 aliphatic heterocycles. The van der Waals surface area contributed by atoms with Gasteiger partial charge in [-0.1, -0.05) is 0 Å². The fraction of sp³-hybridized carbons (Fsp3) is 0. The summed E-state index contributed by atoms with van der Waals surface area (Å²) in [5, 5.41) is 6.99. The van der Waals surface area contributed by atoms with Gasteiger partial charge in [-0.15, -0.1) is 10.2 Å². The molecule has 0 saturated heterocycles. The fourth-order valence-electron chi connectivity index (χ4n) is 0.197. The van der Waals surface area contributed by atoms with Gasteiger partial charge in [-0.3, -0.25) is 0 Å². The van der Waals surface area contributed by atoms with Crippen molar-refractivity contribution in [3.63, 3.8) is 0 Å². The predicted octanol–water partition coefficient (Wildman–Crippen LogP) is 1.37. The molecular weight excluding hydrogens is 187 g/mol. The number of thiocarbonyl (C=S) groups is 2. The minimum Gasteiger partial charge on any atom is -0.130 e. The van der Waals surface area contributed by atoms with Crippen LogP contribution in [0.15, 0.2) is 10.2 Å². The molecular formula is C2KN2S3. The number of rotatable bonds is 0. The number of azo groups is 1. The van der Waals surface area contributed by atoms with E-state index in [-0.39, 0.29) is 51.4 Å². The van der Waals surface area contributed by atoms with Crippen molar-refractivity contribution in [1.29, 1.82) is 0 Å². The van der Waals surface area contributed by atoms with Gasteiger partial charge in [-0.25, -0.2) is 0 Å². The Morgan fingerprint density at radius 2 is 1.50 bits per heavy atom. The van der Waals surface area contributed by atoms with Gasteiger partial charge < -0.3 is 0 Å². The van der Waals surface area contributed by atoms with Gasteiger partial charge in [0.25, 0.3) is 0 Å². The summed E-state index contributed by atoms with van der Waals surface area (Å²) in [6.07, 6.45) is 0. The maximum Gasteiger partial charge on any atom is 0.189 e. The smallest absolute Gasteiger partial charge is 0.130 e. The third-order valence-electron chi connectivity index (χ3n) is 0.388. The Kier molecular flexibility index (Phi) is 5.57. The topological polar surface area (TPSA) is 24.7 Å². The summed E-state index contributed by atoms with van der Waals surface area (Å²) in [4.78, 5) is 0. The predicted molar refractivity (Wildman–Crippen MR) is 43.4 cm³/mol. The summed E-state index contributed by atoms with van der Waals surface area (Å²) in [7, 11) is 0. The van der Waals surface area contributed by atoms with E-state index in [1.54, 1.807) is 0 Å². The van der Waals surface area contributed by atoms with Gasteiger partial charge >= 0.3 is 0 Å². The van der Waals surface area contributed by atoms with Crippen molar-refractivity contribution in [1.82, 2.24) is 0 Å². The van der Waals surface area contributed by atoms with Gasteiger partial charge in [0.15, 0.2) is 8.64 Å². The molecule has 0 saturated carbocycles. The summed E-state index contributed by atoms with van der Waals surface area (Å²) in [6.45, 7) is 0. The van der Waals surface area contributed by atoms with E-state index < -0.39 is 0 Å². The quantitative estimate of drug-likeness (QED) is 0.423. The summed E-state index contributed by atoms with van der Waals surface area (Å²) in [6, 6.07) is 0. The zero-order chi connectivity index (χ0) is 5.28. The second-order valence-electron chi connectivity index (χ2n) is 0.834. The van der Waals surface area contributed by atoms with Crippen LogP contribution in [0.3, 0.4) is 0 Å². The van der Waals surface area contributed by atoms with Crippen molar-refractivity contribution >= 4 is 96.2 Å². The molecule has 1 heterocycles. The van der Waals surface area contributed by atoms with E-state index in [0.717, 1.165) is 0 Å². The van der Waals surface area contributed by atoms with Crippen LogP contribution in [0.4, 0.5) is 0 Å². The SMILES string of the molecule is S=C1N=NC(=S)S1.[K]. The molecule has 0 amide bonds. The van der Waals surface area contributed by atoms with Crippen LogP contribution in [-0.4, -0.2) is 60.0 Å². The van der Waals surface area contributed by atoms with Gasteiger partial charge in [0.1, 0.15) is 0 Å². The Morgan fingerprint density at radius 1 is 1.12 bits per heavy atom. The molecule has 0 aromatic heterocycles. The third kappa shape index (κ3) is 3.07. The summed E-state index contributed by atoms with van der Waals surface area (Å²) in [5.41, 5.74) is 0. The zero-order valence-electron chi connectivity index (χ0n) is 4.12. The average Bonchev–Trinajstić information content (AvgIpc) is 1.87. The van der Waals surface area contributed by atoms with Gasteiger partial charge in [0.05, 0.1) is 0 Å². The van der Waals surface area contributed by atoms with Crippen LogP contribution in [0, 0.1) is 0 Å². The van der Waals surface area contributed by atoms with Gasteiger partial charge in [-0.05, 0) is 36.2 Å². The standard InChI is InChI=1S/C2N2S3.K/c5-1-3-4-2(6)7-1;. The van der Waals surface area contributed by atoms with Gasteiger partial charge in [0.2, 0.25) is 0 Å². The molecule has 0 unspecified atom stereocenters. The molecule has 6 heteroatoms. The van der Waals surface area contributed by atoms with Crippen molar-refractivity contribution in [3.8, 4) is 0 Å². The largest absolute Gasteiger partial charge is 0.189 e. The van der Waals surface area contributed by atoms with E-state index in [1.165, 1.54) is 11.8 Å². The number of thioether (sulfide) groups is 1. The monoisotopic (exact) mass is 187 g/mol. The Morgan fingerprint density at radius 3 is 1.62 bits per heavy atom. The second-order valence-corrected chi connectivity index (χ2v) is 3.10. The minimum atomic E-state index is 0. The minimum absolute atomic E-state index is 0. The normalized spacial score (nSPS) is 16.5. The molecule has 0 aliphatic carbocycles. The maximum absolute atomic E-state index is 4.61. The van der Waals surface area contributed by atoms with Crippen LogP contribution < -0.4 is 0 Å². The first-order valence-electron chi connectivity index (χ1n) is 1.46. The summed E-state index contributed by atoms with van der Waals surface area (Å²) < 4.78 is 1.04. The fourth-order valence-corrected chi connectivity index (χ4v) is 1.22. The van der Waals surface area contributed by atoms with Crippen molar-refractivity contribution < 1.29 is 0 Å². The Labute approximate surface area is 104 Å². The Bertz CT molecular complexity index is 137. The molecule has 0 spiro atoms. The Hall–Kier alpha value is 1.77. The van der Waals surface area contributed by atoms with E-state index >= 15 is 0 Å². The van der Waals surface area contributed by atoms with E-state index in [1.807, 2.05) is 0 Å². The molecule has 0 atom stereocenters. The van der Waals surface area contributed by atoms with E-state index in [4.69, 9.17) is 0 Å². The Balaban J connectivity index is 0.000000490. The van der Waals surface area contributed by atoms with E-state index in [9.17, 15) is 0 Å². The summed E-state index contributed by atoms with van der Waals surface area (Å²) in [5.74, 6) is 0. The number of hydrogen-bond donors (Lipinski definition) is 0. The first-order chi connectivity index (χ1) is 3.29. The van der Waals surface area contributed by atoms with E-state index in [2.05, 4.69) is 34.7 Å². The van der Waals surface area contributed by atoms with Crippen LogP contribution in [-0.2, 0) is 0 Å². The van der Waals surface area contributed by atoms with Gasteiger partial charge in [-0.2, -0.15) is 0 Å². The van der Waals surface area contributed by atoms with Crippen molar-refractivity contribution in [2.45, 2.75) is 0 Å². The first-order valence-corrected chi connectivity index (χ1v) is 3.10. The molecule has 1 rings (SSSR count). The third-order valence-corrected chi connectivity index (χ3v) is 1.56. The maximum atomic E-state index is 4.61. The average molecular weight is 187 g/mol. The molecule has 0 aromatic carbocycles. The summed E-state index contributed by atoms with van der Waals surface area (Å²) >= 11 is 10.5. The molecule has 0 bridgehead atoms. The molecule has 1 aliphatic rings. The van der Waals surface area contributed by atoms with E-state index in [0.29, 0.717) is 8.64 Å². The van der Waals surface area contributed by atoms with Crippen LogP contribution in [0.2, 0.25) is 0 Å². The molecule has 37 valence electrons. The molecule has 0 N–H and O–H groups in total. The molecule has 1 radical (unpaired) electrons. The van der Waals surface area contributed by atoms with Crippen LogP contribution >= 0.6 is 36.2 Å². The second kappa shape index (κ2) is 4.56.